The molecule has 0 amide bonds. The minimum atomic E-state index is 0.805. The molecular formula is C27H34O2S3. The molecule has 0 aliphatic carbocycles. The lowest BCUT2D eigenvalue weighted by molar-refractivity contribution is 0.111. The van der Waals surface area contributed by atoms with Crippen LogP contribution in [0, 0.1) is 6.92 Å². The van der Waals surface area contributed by atoms with Crippen molar-refractivity contribution in [2.45, 2.75) is 85.0 Å². The molecule has 0 atom stereocenters. The van der Waals surface area contributed by atoms with Gasteiger partial charge in [0.2, 0.25) is 0 Å². The summed E-state index contributed by atoms with van der Waals surface area (Å²) in [5.74, 6) is 0. The Bertz CT molecular complexity index is 942. The van der Waals surface area contributed by atoms with Crippen LogP contribution in [0.15, 0.2) is 18.2 Å². The fraction of sp³-hybridized carbons (Fsp3) is 0.481. The fourth-order valence-corrected chi connectivity index (χ4v) is 7.48. The van der Waals surface area contributed by atoms with E-state index in [1.165, 1.54) is 74.7 Å². The predicted molar refractivity (Wildman–Crippen MR) is 142 cm³/mol. The molecule has 0 saturated carbocycles. The van der Waals surface area contributed by atoms with Gasteiger partial charge in [-0.05, 0) is 61.9 Å². The van der Waals surface area contributed by atoms with Crippen LogP contribution in [0.3, 0.4) is 0 Å². The average Bonchev–Trinajstić information content (AvgIpc) is 3.50. The van der Waals surface area contributed by atoms with Gasteiger partial charge in [-0.3, -0.25) is 9.59 Å². The van der Waals surface area contributed by atoms with E-state index in [-0.39, 0.29) is 0 Å². The summed E-state index contributed by atoms with van der Waals surface area (Å²) >= 11 is 5.05. The zero-order valence-corrected chi connectivity index (χ0v) is 21.9. The average molecular weight is 487 g/mol. The highest BCUT2D eigenvalue weighted by Gasteiger charge is 2.21. The monoisotopic (exact) mass is 486 g/mol. The third kappa shape index (κ3) is 6.27. The van der Waals surface area contributed by atoms with E-state index in [2.05, 4.69) is 39.0 Å². The van der Waals surface area contributed by atoms with Crippen LogP contribution in [0.1, 0.15) is 101 Å². The van der Waals surface area contributed by atoms with E-state index in [0.29, 0.717) is 0 Å². The molecule has 3 rings (SSSR count). The smallest absolute Gasteiger partial charge is 0.160 e. The summed E-state index contributed by atoms with van der Waals surface area (Å²) in [7, 11) is 0. The van der Waals surface area contributed by atoms with Gasteiger partial charge in [0.25, 0.3) is 0 Å². The minimum absolute atomic E-state index is 0.805. The lowest BCUT2D eigenvalue weighted by Crippen LogP contribution is -1.88. The van der Waals surface area contributed by atoms with Crippen LogP contribution >= 0.6 is 34.0 Å². The van der Waals surface area contributed by atoms with Crippen molar-refractivity contribution in [1.29, 1.82) is 0 Å². The fourth-order valence-electron chi connectivity index (χ4n) is 4.14. The first-order valence-electron chi connectivity index (χ1n) is 11.9. The minimum Gasteiger partial charge on any atom is -0.297 e. The molecule has 5 heteroatoms. The van der Waals surface area contributed by atoms with E-state index in [9.17, 15) is 9.59 Å². The number of hydrogen-bond donors (Lipinski definition) is 0. The standard InChI is InChI=1S/C27H34O2S3/c1-4-6-8-10-12-20-15-22(17-28)31-25(20)24-14-19(3)30-27(24)26-21(13-11-9-7-5-2)16-23(18-29)32-26/h14-18H,4-13H2,1-3H3. The SMILES string of the molecule is CCCCCCc1cc(C=O)sc1-c1cc(C)sc1-c1sc(C=O)cc1CCCCCC. The molecule has 0 N–H and O–H groups in total. The molecule has 0 aliphatic rings. The first-order chi connectivity index (χ1) is 15.6. The molecule has 0 unspecified atom stereocenters. The Morgan fingerprint density at radius 1 is 0.656 bits per heavy atom. The highest BCUT2D eigenvalue weighted by molar-refractivity contribution is 7.24. The first-order valence-corrected chi connectivity index (χ1v) is 14.3. The highest BCUT2D eigenvalue weighted by Crippen LogP contribution is 2.47. The Kier molecular flexibility index (Phi) is 9.89. The van der Waals surface area contributed by atoms with Crippen LogP contribution in [-0.2, 0) is 12.8 Å². The van der Waals surface area contributed by atoms with Crippen molar-refractivity contribution in [3.05, 3.63) is 44.0 Å². The maximum Gasteiger partial charge on any atom is 0.160 e. The second-order valence-corrected chi connectivity index (χ2v) is 11.9. The van der Waals surface area contributed by atoms with E-state index in [1.54, 1.807) is 22.7 Å². The second-order valence-electron chi connectivity index (χ2n) is 8.46. The maximum absolute atomic E-state index is 11.6. The zero-order chi connectivity index (χ0) is 22.9. The summed E-state index contributed by atoms with van der Waals surface area (Å²) in [6, 6.07) is 6.46. The Labute approximate surface area is 204 Å². The van der Waals surface area contributed by atoms with Crippen LogP contribution in [-0.4, -0.2) is 12.6 Å². The summed E-state index contributed by atoms with van der Waals surface area (Å²) in [6.45, 7) is 6.62. The van der Waals surface area contributed by atoms with Crippen molar-refractivity contribution in [1.82, 2.24) is 0 Å². The third-order valence-corrected chi connectivity index (χ3v) is 9.25. The van der Waals surface area contributed by atoms with Crippen molar-refractivity contribution in [2.75, 3.05) is 0 Å². The van der Waals surface area contributed by atoms with Crippen LogP contribution in [0.2, 0.25) is 0 Å². The van der Waals surface area contributed by atoms with Gasteiger partial charge in [0.15, 0.2) is 12.6 Å². The molecule has 3 aromatic rings. The topological polar surface area (TPSA) is 34.1 Å². The summed E-state index contributed by atoms with van der Waals surface area (Å²) in [5.41, 5.74) is 3.84. The number of hydrogen-bond acceptors (Lipinski definition) is 5. The van der Waals surface area contributed by atoms with Gasteiger partial charge in [0, 0.05) is 20.2 Å². The Balaban J connectivity index is 1.98. The molecule has 0 bridgehead atoms. The lowest BCUT2D eigenvalue weighted by atomic mass is 10.0. The van der Waals surface area contributed by atoms with E-state index < -0.39 is 0 Å². The van der Waals surface area contributed by atoms with Gasteiger partial charge in [-0.25, -0.2) is 0 Å². The molecule has 0 saturated heterocycles. The number of unbranched alkanes of at least 4 members (excludes halogenated alkanes) is 6. The summed E-state index contributed by atoms with van der Waals surface area (Å²) < 4.78 is 0. The van der Waals surface area contributed by atoms with Crippen LogP contribution in [0.25, 0.3) is 20.2 Å². The van der Waals surface area contributed by atoms with Gasteiger partial charge in [-0.2, -0.15) is 0 Å². The molecule has 0 spiro atoms. The molecule has 0 aliphatic heterocycles. The summed E-state index contributed by atoms with van der Waals surface area (Å²) in [6.07, 6.45) is 13.7. The molecular weight excluding hydrogens is 452 g/mol. The molecule has 0 aromatic carbocycles. The number of thiophene rings is 3. The van der Waals surface area contributed by atoms with Crippen molar-refractivity contribution in [3.63, 3.8) is 0 Å². The first kappa shape index (κ1) is 25.1. The third-order valence-electron chi connectivity index (χ3n) is 5.79. The quantitative estimate of drug-likeness (QED) is 0.168. The Hall–Kier alpha value is -1.56. The van der Waals surface area contributed by atoms with Gasteiger partial charge in [-0.15, -0.1) is 34.0 Å². The second kappa shape index (κ2) is 12.6. The lowest BCUT2D eigenvalue weighted by Gasteiger charge is -2.07. The van der Waals surface area contributed by atoms with E-state index in [1.807, 2.05) is 11.3 Å². The molecule has 32 heavy (non-hydrogen) atoms. The van der Waals surface area contributed by atoms with E-state index in [4.69, 9.17) is 0 Å². The van der Waals surface area contributed by atoms with Crippen molar-refractivity contribution in [3.8, 4) is 20.2 Å². The van der Waals surface area contributed by atoms with Gasteiger partial charge >= 0.3 is 0 Å². The Morgan fingerprint density at radius 3 is 1.72 bits per heavy atom. The van der Waals surface area contributed by atoms with Crippen molar-refractivity contribution >= 4 is 46.6 Å². The molecule has 172 valence electrons. The number of aryl methyl sites for hydroxylation is 3. The van der Waals surface area contributed by atoms with Gasteiger partial charge in [0.05, 0.1) is 14.6 Å². The van der Waals surface area contributed by atoms with E-state index >= 15 is 0 Å². The van der Waals surface area contributed by atoms with Crippen molar-refractivity contribution < 1.29 is 9.59 Å². The van der Waals surface area contributed by atoms with Crippen molar-refractivity contribution in [2.24, 2.45) is 0 Å². The number of aldehydes is 2. The number of carbonyl (C=O) groups excluding carboxylic acids is 2. The molecule has 3 heterocycles. The van der Waals surface area contributed by atoms with Crippen LogP contribution in [0.5, 0.6) is 0 Å². The van der Waals surface area contributed by atoms with Gasteiger partial charge < -0.3 is 0 Å². The molecule has 0 radical (unpaired) electrons. The number of carbonyl (C=O) groups is 2. The predicted octanol–water partition coefficient (Wildman–Crippen LogP) is 9.38. The molecule has 0 fully saturated rings. The van der Waals surface area contributed by atoms with E-state index in [0.717, 1.165) is 48.0 Å². The maximum atomic E-state index is 11.6. The summed E-state index contributed by atoms with van der Waals surface area (Å²) in [5, 5.41) is 0. The van der Waals surface area contributed by atoms with Gasteiger partial charge in [-0.1, -0.05) is 52.4 Å². The highest BCUT2D eigenvalue weighted by atomic mass is 32.1. The molecule has 3 aromatic heterocycles. The summed E-state index contributed by atoms with van der Waals surface area (Å²) in [4.78, 5) is 29.8. The van der Waals surface area contributed by atoms with Gasteiger partial charge in [0.1, 0.15) is 0 Å². The number of rotatable bonds is 14. The van der Waals surface area contributed by atoms with Crippen LogP contribution in [0.4, 0.5) is 0 Å². The normalized spacial score (nSPS) is 11.2. The van der Waals surface area contributed by atoms with Crippen LogP contribution < -0.4 is 0 Å². The Morgan fingerprint density at radius 2 is 1.19 bits per heavy atom. The molecule has 2 nitrogen and oxygen atoms in total. The largest absolute Gasteiger partial charge is 0.297 e. The zero-order valence-electron chi connectivity index (χ0n) is 19.5.